The van der Waals surface area contributed by atoms with Crippen LogP contribution >= 0.6 is 0 Å². The topological polar surface area (TPSA) is 89.4 Å². The van der Waals surface area contributed by atoms with Crippen LogP contribution in [0.3, 0.4) is 0 Å². The van der Waals surface area contributed by atoms with E-state index in [1.807, 2.05) is 43.1 Å². The van der Waals surface area contributed by atoms with Crippen molar-refractivity contribution in [3.8, 4) is 0 Å². The second kappa shape index (κ2) is 5.75. The third-order valence-electron chi connectivity index (χ3n) is 3.30. The van der Waals surface area contributed by atoms with Crippen molar-refractivity contribution in [3.63, 3.8) is 0 Å². The van der Waals surface area contributed by atoms with Crippen LogP contribution in [0.5, 0.6) is 0 Å². The van der Waals surface area contributed by atoms with Gasteiger partial charge in [-0.3, -0.25) is 0 Å². The first-order valence-corrected chi connectivity index (χ1v) is 8.01. The smallest absolute Gasteiger partial charge is 0.240 e. The molecule has 0 fully saturated rings. The summed E-state index contributed by atoms with van der Waals surface area (Å²) in [6.07, 6.45) is 0. The molecule has 0 aliphatic heterocycles. The molecule has 2 aromatic carbocycles. The maximum atomic E-state index is 11.5. The number of rotatable bonds is 4. The molecule has 0 amide bonds. The number of nitrogen functional groups attached to an aromatic ring is 1. The monoisotopic (exact) mass is 305 g/mol. The van der Waals surface area contributed by atoms with Gasteiger partial charge in [-0.05, 0) is 24.6 Å². The van der Waals surface area contributed by atoms with Crippen LogP contribution in [0.4, 0.5) is 11.4 Å². The molecular weight excluding hydrogens is 286 g/mol. The van der Waals surface area contributed by atoms with Gasteiger partial charge in [-0.2, -0.15) is 0 Å². The number of sulfonamides is 1. The lowest BCUT2D eigenvalue weighted by Gasteiger charge is -2.22. The average Bonchev–Trinajstić information content (AvgIpc) is 2.40. The second-order valence-electron chi connectivity index (χ2n) is 5.08. The van der Waals surface area contributed by atoms with Gasteiger partial charge in [-0.25, -0.2) is 13.6 Å². The molecule has 21 heavy (non-hydrogen) atoms. The second-order valence-corrected chi connectivity index (χ2v) is 6.61. The highest BCUT2D eigenvalue weighted by Crippen LogP contribution is 2.29. The minimum atomic E-state index is -3.82. The van der Waals surface area contributed by atoms with Crippen LogP contribution in [0.2, 0.25) is 0 Å². The van der Waals surface area contributed by atoms with Crippen molar-refractivity contribution < 1.29 is 8.42 Å². The van der Waals surface area contributed by atoms with Crippen molar-refractivity contribution in [1.29, 1.82) is 0 Å². The summed E-state index contributed by atoms with van der Waals surface area (Å²) in [4.78, 5) is 1.85. The Morgan fingerprint density at radius 3 is 2.29 bits per heavy atom. The summed E-state index contributed by atoms with van der Waals surface area (Å²) in [5.74, 6) is 0. The van der Waals surface area contributed by atoms with Gasteiger partial charge in [0.05, 0.1) is 11.4 Å². The van der Waals surface area contributed by atoms with E-state index < -0.39 is 10.0 Å². The van der Waals surface area contributed by atoms with Crippen LogP contribution in [-0.2, 0) is 16.6 Å². The number of nitrogens with zero attached hydrogens (tertiary/aromatic N) is 1. The first-order chi connectivity index (χ1) is 9.79. The molecule has 0 radical (unpaired) electrons. The summed E-state index contributed by atoms with van der Waals surface area (Å²) < 4.78 is 23.0. The molecule has 0 bridgehead atoms. The number of hydrogen-bond donors (Lipinski definition) is 2. The highest BCUT2D eigenvalue weighted by atomic mass is 32.2. The zero-order chi connectivity index (χ0) is 15.6. The fraction of sp³-hybridized carbons (Fsp3) is 0.200. The van der Waals surface area contributed by atoms with E-state index in [0.717, 1.165) is 5.56 Å². The summed E-state index contributed by atoms with van der Waals surface area (Å²) in [5.41, 5.74) is 9.07. The molecule has 6 heteroatoms. The van der Waals surface area contributed by atoms with E-state index in [0.29, 0.717) is 12.2 Å². The summed E-state index contributed by atoms with van der Waals surface area (Å²) in [5, 5.41) is 5.17. The zero-order valence-electron chi connectivity index (χ0n) is 12.1. The number of primary sulfonamides is 1. The molecule has 4 N–H and O–H groups in total. The third-order valence-corrected chi connectivity index (χ3v) is 4.27. The molecule has 0 saturated carbocycles. The predicted octanol–water partition coefficient (Wildman–Crippen LogP) is 1.86. The summed E-state index contributed by atoms with van der Waals surface area (Å²) in [6, 6.07) is 13.0. The molecule has 0 heterocycles. The largest absolute Gasteiger partial charge is 0.396 e. The van der Waals surface area contributed by atoms with Crippen LogP contribution in [0, 0.1) is 6.92 Å². The van der Waals surface area contributed by atoms with Crippen molar-refractivity contribution in [2.75, 3.05) is 17.7 Å². The van der Waals surface area contributed by atoms with Gasteiger partial charge in [0, 0.05) is 13.6 Å². The lowest BCUT2D eigenvalue weighted by Crippen LogP contribution is -2.20. The SMILES string of the molecule is Cc1ccc(CN(C)c2cccc(S(N)(=O)=O)c2N)cc1. The van der Waals surface area contributed by atoms with Gasteiger partial charge < -0.3 is 10.6 Å². The predicted molar refractivity (Wildman–Crippen MR) is 85.5 cm³/mol. The normalized spacial score (nSPS) is 11.4. The van der Waals surface area contributed by atoms with E-state index in [2.05, 4.69) is 0 Å². The molecule has 0 aliphatic rings. The molecule has 0 atom stereocenters. The van der Waals surface area contributed by atoms with Crippen molar-refractivity contribution in [2.24, 2.45) is 5.14 Å². The summed E-state index contributed by atoms with van der Waals surface area (Å²) in [6.45, 7) is 2.65. The fourth-order valence-electron chi connectivity index (χ4n) is 2.17. The highest BCUT2D eigenvalue weighted by Gasteiger charge is 2.16. The molecule has 2 aromatic rings. The molecule has 0 aromatic heterocycles. The van der Waals surface area contributed by atoms with E-state index in [9.17, 15) is 8.42 Å². The Hall–Kier alpha value is -2.05. The fourth-order valence-corrected chi connectivity index (χ4v) is 2.85. The molecule has 0 unspecified atom stereocenters. The number of nitrogens with two attached hydrogens (primary N) is 2. The van der Waals surface area contributed by atoms with Crippen LogP contribution in [0.15, 0.2) is 47.4 Å². The number of aryl methyl sites for hydroxylation is 1. The number of para-hydroxylation sites is 1. The van der Waals surface area contributed by atoms with Crippen molar-refractivity contribution in [2.45, 2.75) is 18.4 Å². The van der Waals surface area contributed by atoms with Crippen molar-refractivity contribution >= 4 is 21.4 Å². The quantitative estimate of drug-likeness (QED) is 0.844. The van der Waals surface area contributed by atoms with Gasteiger partial charge in [-0.1, -0.05) is 35.9 Å². The van der Waals surface area contributed by atoms with Crippen LogP contribution in [0.25, 0.3) is 0 Å². The Bertz CT molecular complexity index is 740. The molecule has 2 rings (SSSR count). The molecule has 0 aliphatic carbocycles. The minimum Gasteiger partial charge on any atom is -0.396 e. The zero-order valence-corrected chi connectivity index (χ0v) is 12.9. The highest BCUT2D eigenvalue weighted by molar-refractivity contribution is 7.89. The lowest BCUT2D eigenvalue weighted by atomic mass is 10.1. The Morgan fingerprint density at radius 2 is 1.71 bits per heavy atom. The Balaban J connectivity index is 2.31. The standard InChI is InChI=1S/C15H19N3O2S/c1-11-6-8-12(9-7-11)10-18(2)13-4-3-5-14(15(13)16)21(17,19)20/h3-9H,10,16H2,1-2H3,(H2,17,19,20). The third kappa shape index (κ3) is 3.53. The maximum Gasteiger partial charge on any atom is 0.240 e. The Morgan fingerprint density at radius 1 is 1.10 bits per heavy atom. The Kier molecular flexibility index (Phi) is 4.20. The molecule has 112 valence electrons. The summed E-state index contributed by atoms with van der Waals surface area (Å²) in [7, 11) is -1.96. The van der Waals surface area contributed by atoms with E-state index >= 15 is 0 Å². The first kappa shape index (κ1) is 15.3. The molecular formula is C15H19N3O2S. The van der Waals surface area contributed by atoms with Crippen molar-refractivity contribution in [3.05, 3.63) is 53.6 Å². The van der Waals surface area contributed by atoms with Gasteiger partial charge in [0.2, 0.25) is 10.0 Å². The molecule has 0 spiro atoms. The van der Waals surface area contributed by atoms with Crippen molar-refractivity contribution in [1.82, 2.24) is 0 Å². The molecule has 5 nitrogen and oxygen atoms in total. The maximum absolute atomic E-state index is 11.5. The van der Waals surface area contributed by atoms with E-state index in [1.165, 1.54) is 11.6 Å². The van der Waals surface area contributed by atoms with Gasteiger partial charge in [0.15, 0.2) is 0 Å². The van der Waals surface area contributed by atoms with Crippen LogP contribution in [0.1, 0.15) is 11.1 Å². The number of anilines is 2. The number of benzene rings is 2. The van der Waals surface area contributed by atoms with Gasteiger partial charge in [0.25, 0.3) is 0 Å². The molecule has 0 saturated heterocycles. The van der Waals surface area contributed by atoms with Crippen LogP contribution in [-0.4, -0.2) is 15.5 Å². The van der Waals surface area contributed by atoms with E-state index in [1.54, 1.807) is 12.1 Å². The van der Waals surface area contributed by atoms with E-state index in [-0.39, 0.29) is 10.6 Å². The lowest BCUT2D eigenvalue weighted by molar-refractivity contribution is 0.598. The van der Waals surface area contributed by atoms with Crippen LogP contribution < -0.4 is 15.8 Å². The average molecular weight is 305 g/mol. The Labute approximate surface area is 125 Å². The minimum absolute atomic E-state index is 0.0456. The van der Waals surface area contributed by atoms with Gasteiger partial charge in [-0.15, -0.1) is 0 Å². The summed E-state index contributed by atoms with van der Waals surface area (Å²) >= 11 is 0. The number of hydrogen-bond acceptors (Lipinski definition) is 4. The van der Waals surface area contributed by atoms with E-state index in [4.69, 9.17) is 10.9 Å². The first-order valence-electron chi connectivity index (χ1n) is 6.47. The van der Waals surface area contributed by atoms with Gasteiger partial charge >= 0.3 is 0 Å². The van der Waals surface area contributed by atoms with Gasteiger partial charge in [0.1, 0.15) is 4.90 Å².